The smallest absolute Gasteiger partial charge is 0.313 e. The number of carboxylic acids is 1. The summed E-state index contributed by atoms with van der Waals surface area (Å²) in [4.78, 5) is 111. The number of fused-ring (bicyclic) bond motifs is 2. The lowest BCUT2D eigenvalue weighted by molar-refractivity contribution is -0.154. The molecule has 5 unspecified atom stereocenters. The molecule has 0 bridgehead atoms. The Morgan fingerprint density at radius 3 is 1.16 bits per heavy atom. The van der Waals surface area contributed by atoms with E-state index in [1.807, 2.05) is 74.4 Å². The average molecular weight is 1950 g/mol. The van der Waals surface area contributed by atoms with Gasteiger partial charge in [0.1, 0.15) is 11.0 Å². The van der Waals surface area contributed by atoms with Gasteiger partial charge in [-0.05, 0) is 271 Å². The highest BCUT2D eigenvalue weighted by molar-refractivity contribution is 7.85. The van der Waals surface area contributed by atoms with Crippen molar-refractivity contribution in [1.29, 1.82) is 0 Å². The molecule has 2 saturated carbocycles. The largest absolute Gasteiger partial charge is 0.481 e. The third-order valence-corrected chi connectivity index (χ3v) is 26.9. The maximum absolute atomic E-state index is 13.1. The number of aryl methyl sites for hydroxylation is 6. The number of carbonyl (C=O) groups excluding carboxylic acids is 6. The number of carboxylic acid groups (broad SMARTS) is 1. The van der Waals surface area contributed by atoms with Crippen molar-refractivity contribution in [2.75, 3.05) is 64.0 Å². The van der Waals surface area contributed by atoms with Crippen molar-refractivity contribution in [3.8, 4) is 29.4 Å². The van der Waals surface area contributed by atoms with Gasteiger partial charge in [0.05, 0.1) is 140 Å². The summed E-state index contributed by atoms with van der Waals surface area (Å²) in [7, 11) is 9.39. The fourth-order valence-electron chi connectivity index (χ4n) is 13.8. The Labute approximate surface area is 813 Å². The maximum Gasteiger partial charge on any atom is 0.313 e. The van der Waals surface area contributed by atoms with Crippen LogP contribution in [-0.2, 0) is 119 Å². The molecular weight excluding hydrogens is 1810 g/mol. The molecule has 135 heavy (non-hydrogen) atoms. The number of pyridine rings is 7. The molecule has 32 nitrogen and oxygen atoms in total. The van der Waals surface area contributed by atoms with Gasteiger partial charge in [-0.1, -0.05) is 44.2 Å². The summed E-state index contributed by atoms with van der Waals surface area (Å²) in [6, 6.07) is 24.7. The summed E-state index contributed by atoms with van der Waals surface area (Å²) in [5, 5.41) is 17.0. The Balaban J connectivity index is 0.000000417. The van der Waals surface area contributed by atoms with Gasteiger partial charge in [-0.2, -0.15) is 17.9 Å². The van der Waals surface area contributed by atoms with Gasteiger partial charge < -0.3 is 58.8 Å². The standard InChI is InChI=1S/C28H37N3O4.C16H26N2O4S.C16H21NO2.C12H18N2O3.C11H16N2O2S.C7H7NO2.C5H10O2.C4H11NOS.H2S/c1-28(2,27(33)35-4)25(20-11-14-24(34-3)29-17-20)31-26(32)21-15-18(16-21)9-12-22-13-10-19-7-5-6-8-23(19)30-22;1-15(2,3)23(20)18-13(16(4,5)14(19)22-7)11-8-9-12(21-6)17-10-11;18-16(19)13-9-11(10-13)5-7-14-8-6-12-3-1-2-4-15(12)17-14;1-12(2,11(15)17-4)10(13)8-5-6-9(16-3)14-7-8;1-11(2,3)16(14)13-8-9-5-6-10(15-4)12-7-9;1-10-7-3-2-6(5-9)4-8-7;1-4(2)5(6)7-3;1-4(2,3)7(5)6;/h10-11,13-14,17-18,21,25H,5-9,12,15-16H2,1-4H3,(H,31,32);8-10,13,18H,1-7H3;6,8,11,13H,1-5,7,9-10H2,(H,18,19);5-7,10H,13H2,1-4H3;5-8H,1-4H3;2-5H,1H3;4H,1-3H3;5H2,1-3H3;1H2/t;;;;;;;7-;/m.......0./s1. The van der Waals surface area contributed by atoms with Crippen LogP contribution in [0.3, 0.4) is 0 Å². The number of amides is 1. The van der Waals surface area contributed by atoms with Crippen molar-refractivity contribution in [3.05, 3.63) is 178 Å². The SMILES string of the molecule is CC(C)(C)[S@@](N)=O.COC(=O)C(C)(C)C(N)c1ccc(OC)nc1.COC(=O)C(C)(C)C(NC(=O)C1CC(CCc2ccc3c(n2)CCCC3)C1)c1ccc(OC)nc1.COC(=O)C(C)(C)C(NS(=O)C(C)(C)C)c1ccc(OC)nc1.COC(=O)C(C)C.COc1ccc(C=NS(=O)C(C)(C)C)cn1.COc1ccc(C=O)cn1.O=C(O)C1CC(CCc2ccc3c(n2)CCCC3)C1.S. The molecule has 748 valence electrons. The minimum Gasteiger partial charge on any atom is -0.481 e. The van der Waals surface area contributed by atoms with Gasteiger partial charge in [0.2, 0.25) is 35.3 Å². The maximum atomic E-state index is 13.1. The summed E-state index contributed by atoms with van der Waals surface area (Å²) in [6.45, 7) is 30.9. The van der Waals surface area contributed by atoms with E-state index in [-0.39, 0.29) is 64.6 Å². The Kier molecular flexibility index (Phi) is 50.4. The van der Waals surface area contributed by atoms with Crippen LogP contribution in [0.25, 0.3) is 0 Å². The average Bonchev–Trinajstić information content (AvgIpc) is 0.798. The van der Waals surface area contributed by atoms with Crippen molar-refractivity contribution in [1.82, 2.24) is 44.9 Å². The van der Waals surface area contributed by atoms with Crippen LogP contribution in [0.2, 0.25) is 0 Å². The predicted molar refractivity (Wildman–Crippen MR) is 532 cm³/mol. The van der Waals surface area contributed by atoms with Gasteiger partial charge >= 0.3 is 29.8 Å². The molecule has 7 heterocycles. The highest BCUT2D eigenvalue weighted by Gasteiger charge is 2.45. The zero-order chi connectivity index (χ0) is 101. The van der Waals surface area contributed by atoms with E-state index in [2.05, 4.69) is 68.4 Å². The van der Waals surface area contributed by atoms with E-state index in [1.54, 1.807) is 156 Å². The molecule has 4 aliphatic rings. The number of rotatable bonds is 29. The lowest BCUT2D eigenvalue weighted by Gasteiger charge is -2.38. The van der Waals surface area contributed by atoms with Crippen LogP contribution in [0, 0.1) is 45.8 Å². The highest BCUT2D eigenvalue weighted by atomic mass is 32.2. The molecule has 0 aromatic carbocycles. The van der Waals surface area contributed by atoms with Crippen LogP contribution in [0.15, 0.2) is 120 Å². The summed E-state index contributed by atoms with van der Waals surface area (Å²) >= 11 is 0. The number of aliphatic carboxylic acids is 1. The second-order valence-corrected chi connectivity index (χ2v) is 43.4. The first-order chi connectivity index (χ1) is 62.9. The number of nitrogens with zero attached hydrogens (tertiary/aromatic N) is 8. The number of esters is 4. The van der Waals surface area contributed by atoms with E-state index in [1.165, 1.54) is 115 Å². The normalized spacial score (nSPS) is 16.7. The Morgan fingerprint density at radius 2 is 0.837 bits per heavy atom. The molecule has 7 aromatic heterocycles. The van der Waals surface area contributed by atoms with Gasteiger partial charge in [0.15, 0.2) is 6.29 Å². The van der Waals surface area contributed by atoms with Gasteiger partial charge in [-0.25, -0.2) is 42.3 Å². The number of methoxy groups -OCH3 is 9. The van der Waals surface area contributed by atoms with Gasteiger partial charge in [0.25, 0.3) is 0 Å². The number of ether oxygens (including phenoxy) is 9. The lowest BCUT2D eigenvalue weighted by Crippen LogP contribution is -2.47. The number of nitrogens with two attached hydrogens (primary N) is 2. The van der Waals surface area contributed by atoms with E-state index in [9.17, 15) is 46.2 Å². The van der Waals surface area contributed by atoms with E-state index < -0.39 is 84.0 Å². The minimum absolute atomic E-state index is 0. The molecule has 7 aromatic rings. The molecule has 2 fully saturated rings. The van der Waals surface area contributed by atoms with Crippen LogP contribution in [-0.4, -0.2) is 179 Å². The van der Waals surface area contributed by atoms with Crippen molar-refractivity contribution in [2.24, 2.45) is 61.1 Å². The summed E-state index contributed by atoms with van der Waals surface area (Å²) < 4.78 is 84.4. The predicted octanol–water partition coefficient (Wildman–Crippen LogP) is 15.3. The van der Waals surface area contributed by atoms with Crippen molar-refractivity contribution < 1.29 is 93.9 Å². The van der Waals surface area contributed by atoms with Crippen molar-refractivity contribution in [3.63, 3.8) is 0 Å². The van der Waals surface area contributed by atoms with Gasteiger partial charge in [-0.15, -0.1) is 0 Å². The summed E-state index contributed by atoms with van der Waals surface area (Å²) in [5.74, 6) is 1.61. The van der Waals surface area contributed by atoms with Gasteiger partial charge in [0, 0.05) is 113 Å². The second-order valence-electron chi connectivity index (χ2n) is 37.7. The molecular formula is C99H148N12O20S4. The number of aromatic nitrogens is 7. The first-order valence-electron chi connectivity index (χ1n) is 44.8. The lowest BCUT2D eigenvalue weighted by atomic mass is 9.71. The Bertz CT molecular complexity index is 4940. The first-order valence-corrected chi connectivity index (χ1v) is 48.2. The summed E-state index contributed by atoms with van der Waals surface area (Å²) in [6.07, 6.45) is 27.5. The van der Waals surface area contributed by atoms with Crippen LogP contribution in [0.1, 0.15) is 267 Å². The molecule has 0 aliphatic heterocycles. The number of hydrogen-bond acceptors (Lipinski definition) is 27. The van der Waals surface area contributed by atoms with E-state index in [0.29, 0.717) is 46.8 Å². The molecule has 11 rings (SSSR count). The minimum atomic E-state index is -1.36. The third kappa shape index (κ3) is 39.1. The van der Waals surface area contributed by atoms with Crippen LogP contribution < -0.4 is 44.6 Å². The molecule has 0 saturated heterocycles. The molecule has 36 heteroatoms. The van der Waals surface area contributed by atoms with Crippen LogP contribution in [0.5, 0.6) is 29.4 Å². The van der Waals surface area contributed by atoms with Crippen LogP contribution in [0.4, 0.5) is 0 Å². The monoisotopic (exact) mass is 1950 g/mol. The Morgan fingerprint density at radius 1 is 0.474 bits per heavy atom. The summed E-state index contributed by atoms with van der Waals surface area (Å²) in [5.41, 5.74) is 14.8. The zero-order valence-corrected chi connectivity index (χ0v) is 87.2. The van der Waals surface area contributed by atoms with Crippen LogP contribution >= 0.6 is 13.5 Å². The van der Waals surface area contributed by atoms with E-state index >= 15 is 0 Å². The van der Waals surface area contributed by atoms with E-state index in [4.69, 9.17) is 63.8 Å². The number of carbonyl (C=O) groups is 7. The molecule has 1 amide bonds. The third-order valence-electron chi connectivity index (χ3n) is 22.8. The fraction of sp³-hybridized carbons (Fsp3) is 0.566. The molecule has 0 radical (unpaired) electrons. The highest BCUT2D eigenvalue weighted by Crippen LogP contribution is 2.42. The number of hydrogen-bond donors (Lipinski definition) is 5. The van der Waals surface area contributed by atoms with Crippen molar-refractivity contribution in [2.45, 2.75) is 253 Å². The molecule has 7 N–H and O–H groups in total. The topological polar surface area (TPSA) is 453 Å². The van der Waals surface area contributed by atoms with Crippen molar-refractivity contribution >= 4 is 94.7 Å². The number of nitrogens with one attached hydrogen (secondary N) is 2. The quantitative estimate of drug-likeness (QED) is 0.0126. The van der Waals surface area contributed by atoms with Gasteiger partial charge in [-0.3, -0.25) is 48.7 Å². The first kappa shape index (κ1) is 119. The molecule has 4 aliphatic carbocycles. The number of aldehydes is 1. The van der Waals surface area contributed by atoms with E-state index in [0.717, 1.165) is 99.2 Å². The Hall–Kier alpha value is -10.1. The second kappa shape index (κ2) is 57.2. The zero-order valence-electron chi connectivity index (χ0n) is 83.7. The fourth-order valence-corrected chi connectivity index (χ4v) is 15.3. The molecule has 0 spiro atoms. The molecule has 6 atom stereocenters.